The van der Waals surface area contributed by atoms with Crippen LogP contribution in [0, 0.1) is 0 Å². The second-order valence-corrected chi connectivity index (χ2v) is 4.71. The van der Waals surface area contributed by atoms with Crippen molar-refractivity contribution in [2.24, 2.45) is 4.99 Å². The molecule has 0 spiro atoms. The zero-order chi connectivity index (χ0) is 12.5. The first-order chi connectivity index (χ1) is 8.27. The van der Waals surface area contributed by atoms with Gasteiger partial charge in [-0.2, -0.15) is 0 Å². The molecule has 1 fully saturated rings. The predicted octanol–water partition coefficient (Wildman–Crippen LogP) is 1.44. The van der Waals surface area contributed by atoms with Crippen molar-refractivity contribution in [1.82, 2.24) is 15.5 Å². The van der Waals surface area contributed by atoms with E-state index in [1.54, 1.807) is 0 Å². The Labute approximate surface area is 106 Å². The van der Waals surface area contributed by atoms with Gasteiger partial charge < -0.3 is 15.5 Å². The first kappa shape index (κ1) is 14.3. The smallest absolute Gasteiger partial charge is 0.191 e. The Morgan fingerprint density at radius 1 is 1.18 bits per heavy atom. The molecule has 0 aromatic rings. The third-order valence-electron chi connectivity index (χ3n) is 3.36. The lowest BCUT2D eigenvalue weighted by Gasteiger charge is -2.23. The molecule has 0 heterocycles. The van der Waals surface area contributed by atoms with E-state index >= 15 is 0 Å². The molecule has 1 aliphatic carbocycles. The van der Waals surface area contributed by atoms with Crippen LogP contribution in [-0.2, 0) is 0 Å². The average molecular weight is 240 g/mol. The summed E-state index contributed by atoms with van der Waals surface area (Å²) in [4.78, 5) is 7.03. The molecule has 2 N–H and O–H groups in total. The number of nitrogens with one attached hydrogen (secondary N) is 2. The summed E-state index contributed by atoms with van der Waals surface area (Å²) in [5.74, 6) is 0.940. The van der Waals surface area contributed by atoms with Gasteiger partial charge in [-0.25, -0.2) is 0 Å². The normalized spacial score (nSPS) is 16.2. The van der Waals surface area contributed by atoms with Crippen molar-refractivity contribution < 1.29 is 0 Å². The van der Waals surface area contributed by atoms with Crippen molar-refractivity contribution in [2.75, 3.05) is 33.2 Å². The van der Waals surface area contributed by atoms with Crippen molar-refractivity contribution in [3.8, 4) is 0 Å². The molecule has 0 bridgehead atoms. The van der Waals surface area contributed by atoms with E-state index in [0.29, 0.717) is 0 Å². The van der Waals surface area contributed by atoms with Crippen molar-refractivity contribution in [1.29, 1.82) is 0 Å². The maximum Gasteiger partial charge on any atom is 0.191 e. The molecule has 0 aliphatic heterocycles. The minimum absolute atomic E-state index is 0.798. The molecule has 0 amide bonds. The molecule has 1 aliphatic rings. The van der Waals surface area contributed by atoms with Gasteiger partial charge in [0, 0.05) is 25.7 Å². The van der Waals surface area contributed by atoms with E-state index in [2.05, 4.69) is 41.4 Å². The lowest BCUT2D eigenvalue weighted by atomic mass is 10.2. The maximum atomic E-state index is 4.57. The highest BCUT2D eigenvalue weighted by Crippen LogP contribution is 2.21. The van der Waals surface area contributed by atoms with Gasteiger partial charge in [-0.15, -0.1) is 0 Å². The number of nitrogens with zero attached hydrogens (tertiary/aromatic N) is 2. The third-order valence-corrected chi connectivity index (χ3v) is 3.36. The predicted molar refractivity (Wildman–Crippen MR) is 74.5 cm³/mol. The van der Waals surface area contributed by atoms with Gasteiger partial charge in [0.05, 0.1) is 6.54 Å². The molecular formula is C13H28N4. The lowest BCUT2D eigenvalue weighted by Crippen LogP contribution is -2.38. The Hall–Kier alpha value is -0.770. The molecule has 4 heteroatoms. The van der Waals surface area contributed by atoms with Crippen molar-refractivity contribution in [3.05, 3.63) is 0 Å². The Bertz CT molecular complexity index is 213. The van der Waals surface area contributed by atoms with Gasteiger partial charge in [0.1, 0.15) is 0 Å². The van der Waals surface area contributed by atoms with Crippen LogP contribution in [0.2, 0.25) is 0 Å². The van der Waals surface area contributed by atoms with Crippen molar-refractivity contribution in [3.63, 3.8) is 0 Å². The van der Waals surface area contributed by atoms with Gasteiger partial charge in [0.15, 0.2) is 5.96 Å². The molecule has 0 aromatic carbocycles. The standard InChI is InChI=1S/C13H28N4/c1-4-14-13(15-5-2)16-10-11-17(3)12-8-6-7-9-12/h12H,4-11H2,1-3H3,(H2,14,15,16). The van der Waals surface area contributed by atoms with Crippen LogP contribution in [0.5, 0.6) is 0 Å². The Balaban J connectivity index is 2.24. The van der Waals surface area contributed by atoms with E-state index in [9.17, 15) is 0 Å². The second-order valence-electron chi connectivity index (χ2n) is 4.71. The summed E-state index contributed by atoms with van der Waals surface area (Å²) in [6.07, 6.45) is 5.54. The van der Waals surface area contributed by atoms with E-state index in [4.69, 9.17) is 0 Å². The molecule has 0 radical (unpaired) electrons. The quantitative estimate of drug-likeness (QED) is 0.545. The van der Waals surface area contributed by atoms with Crippen LogP contribution in [0.15, 0.2) is 4.99 Å². The number of hydrogen-bond acceptors (Lipinski definition) is 2. The number of aliphatic imine (C=N–C) groups is 1. The molecule has 1 rings (SSSR count). The molecule has 100 valence electrons. The van der Waals surface area contributed by atoms with Crippen molar-refractivity contribution >= 4 is 5.96 Å². The SMILES string of the molecule is CCNC(=NCCN(C)C1CCCC1)NCC. The van der Waals surface area contributed by atoms with Crippen molar-refractivity contribution in [2.45, 2.75) is 45.6 Å². The average Bonchev–Trinajstić information content (AvgIpc) is 2.83. The van der Waals surface area contributed by atoms with Gasteiger partial charge in [-0.05, 0) is 33.7 Å². The molecule has 0 saturated heterocycles. The van der Waals surface area contributed by atoms with Crippen LogP contribution in [0.3, 0.4) is 0 Å². The van der Waals surface area contributed by atoms with Crippen LogP contribution < -0.4 is 10.6 Å². The fraction of sp³-hybridized carbons (Fsp3) is 0.923. The summed E-state index contributed by atoms with van der Waals surface area (Å²) in [5.41, 5.74) is 0. The summed E-state index contributed by atoms with van der Waals surface area (Å²) in [6, 6.07) is 0.798. The molecule has 0 aromatic heterocycles. The van der Waals surface area contributed by atoms with Crippen LogP contribution in [0.25, 0.3) is 0 Å². The first-order valence-corrected chi connectivity index (χ1v) is 7.00. The van der Waals surface area contributed by atoms with Crippen LogP contribution in [-0.4, -0.2) is 50.1 Å². The van der Waals surface area contributed by atoms with E-state index in [0.717, 1.165) is 38.2 Å². The largest absolute Gasteiger partial charge is 0.357 e. The van der Waals surface area contributed by atoms with Gasteiger partial charge in [0.2, 0.25) is 0 Å². The van der Waals surface area contributed by atoms with Gasteiger partial charge in [-0.1, -0.05) is 12.8 Å². The van der Waals surface area contributed by atoms with E-state index in [1.807, 2.05) is 0 Å². The second kappa shape index (κ2) is 8.34. The maximum absolute atomic E-state index is 4.57. The van der Waals surface area contributed by atoms with Gasteiger partial charge >= 0.3 is 0 Å². The molecule has 4 nitrogen and oxygen atoms in total. The van der Waals surface area contributed by atoms with Crippen LogP contribution >= 0.6 is 0 Å². The summed E-state index contributed by atoms with van der Waals surface area (Å²) < 4.78 is 0. The Kier molecular flexibility index (Phi) is 7.01. The van der Waals surface area contributed by atoms with Gasteiger partial charge in [-0.3, -0.25) is 4.99 Å². The lowest BCUT2D eigenvalue weighted by molar-refractivity contribution is 0.252. The fourth-order valence-corrected chi connectivity index (χ4v) is 2.36. The fourth-order valence-electron chi connectivity index (χ4n) is 2.36. The highest BCUT2D eigenvalue weighted by molar-refractivity contribution is 5.79. The van der Waals surface area contributed by atoms with Crippen LogP contribution in [0.1, 0.15) is 39.5 Å². The Morgan fingerprint density at radius 2 is 1.76 bits per heavy atom. The summed E-state index contributed by atoms with van der Waals surface area (Å²) in [6.45, 7) is 7.97. The molecular weight excluding hydrogens is 212 g/mol. The minimum Gasteiger partial charge on any atom is -0.357 e. The highest BCUT2D eigenvalue weighted by atomic mass is 15.2. The molecule has 0 unspecified atom stereocenters. The minimum atomic E-state index is 0.798. The van der Waals surface area contributed by atoms with E-state index < -0.39 is 0 Å². The zero-order valence-electron chi connectivity index (χ0n) is 11.6. The number of hydrogen-bond donors (Lipinski definition) is 2. The molecule has 0 atom stereocenters. The van der Waals surface area contributed by atoms with Crippen LogP contribution in [0.4, 0.5) is 0 Å². The zero-order valence-corrected chi connectivity index (χ0v) is 11.6. The Morgan fingerprint density at radius 3 is 2.29 bits per heavy atom. The van der Waals surface area contributed by atoms with E-state index in [1.165, 1.54) is 25.7 Å². The molecule has 17 heavy (non-hydrogen) atoms. The topological polar surface area (TPSA) is 39.7 Å². The third kappa shape index (κ3) is 5.39. The summed E-state index contributed by atoms with van der Waals surface area (Å²) >= 11 is 0. The number of likely N-dealkylation sites (N-methyl/N-ethyl adjacent to an activating group) is 1. The highest BCUT2D eigenvalue weighted by Gasteiger charge is 2.18. The first-order valence-electron chi connectivity index (χ1n) is 7.00. The monoisotopic (exact) mass is 240 g/mol. The number of guanidine groups is 1. The number of rotatable bonds is 6. The van der Waals surface area contributed by atoms with E-state index in [-0.39, 0.29) is 0 Å². The van der Waals surface area contributed by atoms with Gasteiger partial charge in [0.25, 0.3) is 0 Å². The summed E-state index contributed by atoms with van der Waals surface area (Å²) in [5, 5.41) is 6.49. The summed E-state index contributed by atoms with van der Waals surface area (Å²) in [7, 11) is 2.23. The molecule has 1 saturated carbocycles.